The zero-order valence-electron chi connectivity index (χ0n) is 17.2. The third-order valence-corrected chi connectivity index (χ3v) is 6.16. The maximum Gasteiger partial charge on any atom is 0.266 e. The fraction of sp³-hybridized carbons (Fsp3) is 0.455. The summed E-state index contributed by atoms with van der Waals surface area (Å²) in [6, 6.07) is 6.50. The highest BCUT2D eigenvalue weighted by Gasteiger charge is 2.33. The Bertz CT molecular complexity index is 851. The van der Waals surface area contributed by atoms with Crippen LogP contribution in [0.15, 0.2) is 34.2 Å². The number of likely N-dealkylation sites (N-methyl/N-ethyl adjacent to an activating group) is 2. The van der Waals surface area contributed by atoms with Crippen molar-refractivity contribution in [2.24, 2.45) is 4.99 Å². The summed E-state index contributed by atoms with van der Waals surface area (Å²) in [6.07, 6.45) is 4.33. The van der Waals surface area contributed by atoms with Gasteiger partial charge in [0.25, 0.3) is 5.91 Å². The van der Waals surface area contributed by atoms with E-state index in [4.69, 9.17) is 0 Å². The van der Waals surface area contributed by atoms with Gasteiger partial charge in [0.05, 0.1) is 10.4 Å². The van der Waals surface area contributed by atoms with Crippen LogP contribution in [0.3, 0.4) is 0 Å². The average Bonchev–Trinajstić information content (AvgIpc) is 2.90. The van der Waals surface area contributed by atoms with E-state index in [2.05, 4.69) is 61.9 Å². The highest BCUT2D eigenvalue weighted by atomic mass is 32.2. The molecule has 0 radical (unpaired) electrons. The van der Waals surface area contributed by atoms with Crippen LogP contribution < -0.4 is 4.90 Å². The highest BCUT2D eigenvalue weighted by Crippen LogP contribution is 2.40. The Labute approximate surface area is 167 Å². The first-order valence-electron chi connectivity index (χ1n) is 9.69. The van der Waals surface area contributed by atoms with Crippen LogP contribution in [-0.2, 0) is 4.79 Å². The second-order valence-corrected chi connectivity index (χ2v) is 8.43. The van der Waals surface area contributed by atoms with E-state index >= 15 is 0 Å². The summed E-state index contributed by atoms with van der Waals surface area (Å²) in [5.74, 6) is 0.0519. The smallest absolute Gasteiger partial charge is 0.266 e. The summed E-state index contributed by atoms with van der Waals surface area (Å²) in [5.41, 5.74) is 4.86. The highest BCUT2D eigenvalue weighted by molar-refractivity contribution is 8.18. The molecule has 0 atom stereocenters. The molecule has 2 heterocycles. The largest absolute Gasteiger partial charge is 0.363 e. The number of fused-ring (bicyclic) bond motifs is 1. The zero-order valence-corrected chi connectivity index (χ0v) is 18.0. The van der Waals surface area contributed by atoms with E-state index in [-0.39, 0.29) is 11.4 Å². The number of carbonyl (C=O) groups is 1. The van der Waals surface area contributed by atoms with E-state index < -0.39 is 0 Å². The van der Waals surface area contributed by atoms with Gasteiger partial charge in [0.15, 0.2) is 5.17 Å². The Morgan fingerprint density at radius 1 is 1.19 bits per heavy atom. The van der Waals surface area contributed by atoms with Crippen LogP contribution in [0, 0.1) is 0 Å². The van der Waals surface area contributed by atoms with Gasteiger partial charge >= 0.3 is 0 Å². The number of anilines is 1. The van der Waals surface area contributed by atoms with Gasteiger partial charge in [0.2, 0.25) is 0 Å². The molecule has 1 saturated heterocycles. The summed E-state index contributed by atoms with van der Waals surface area (Å²) in [6.45, 7) is 15.1. The molecule has 0 bridgehead atoms. The predicted molar refractivity (Wildman–Crippen MR) is 118 cm³/mol. The van der Waals surface area contributed by atoms with E-state index in [0.29, 0.717) is 13.1 Å². The lowest BCUT2D eigenvalue weighted by atomic mass is 9.88. The second kappa shape index (κ2) is 7.55. The topological polar surface area (TPSA) is 35.9 Å². The van der Waals surface area contributed by atoms with E-state index in [1.165, 1.54) is 28.6 Å². The monoisotopic (exact) mass is 383 g/mol. The molecule has 1 fully saturated rings. The molecule has 1 aromatic rings. The van der Waals surface area contributed by atoms with Crippen molar-refractivity contribution in [2.75, 3.05) is 24.5 Å². The standard InChI is InChI=1S/C22H29N3OS/c1-7-23-21-24(8-2)20(26)19(27-21)13-16-10-11-18-17(12-16)15(4)14-22(5,6)25(18)9-3/h10-14H,7-9H2,1-6H3/b19-13+,23-21?. The number of amides is 1. The van der Waals surface area contributed by atoms with Crippen molar-refractivity contribution < 1.29 is 4.79 Å². The number of hydrogen-bond donors (Lipinski definition) is 0. The first kappa shape index (κ1) is 19.7. The van der Waals surface area contributed by atoms with Crippen LogP contribution in [0.1, 0.15) is 52.7 Å². The quantitative estimate of drug-likeness (QED) is 0.685. The summed E-state index contributed by atoms with van der Waals surface area (Å²) in [7, 11) is 0. The molecule has 2 aliphatic heterocycles. The summed E-state index contributed by atoms with van der Waals surface area (Å²) >= 11 is 1.48. The third-order valence-electron chi connectivity index (χ3n) is 5.11. The van der Waals surface area contributed by atoms with Crippen LogP contribution in [0.25, 0.3) is 11.6 Å². The van der Waals surface area contributed by atoms with Crippen molar-refractivity contribution in [3.05, 3.63) is 40.3 Å². The van der Waals surface area contributed by atoms with Crippen molar-refractivity contribution in [3.8, 4) is 0 Å². The Morgan fingerprint density at radius 3 is 2.56 bits per heavy atom. The van der Waals surface area contributed by atoms with Crippen molar-refractivity contribution in [2.45, 2.75) is 47.1 Å². The molecule has 4 nitrogen and oxygen atoms in total. The summed E-state index contributed by atoms with van der Waals surface area (Å²) in [5, 5.41) is 0.809. The number of thioether (sulfide) groups is 1. The maximum atomic E-state index is 12.7. The number of allylic oxidation sites excluding steroid dienone is 1. The molecule has 0 saturated carbocycles. The zero-order chi connectivity index (χ0) is 19.8. The summed E-state index contributed by atoms with van der Waals surface area (Å²) in [4.78, 5) is 22.1. The first-order chi connectivity index (χ1) is 12.8. The predicted octanol–water partition coefficient (Wildman–Crippen LogP) is 5.02. The van der Waals surface area contributed by atoms with Crippen LogP contribution in [0.2, 0.25) is 0 Å². The van der Waals surface area contributed by atoms with Crippen LogP contribution in [0.4, 0.5) is 5.69 Å². The Kier molecular flexibility index (Phi) is 5.52. The fourth-order valence-corrected chi connectivity index (χ4v) is 5.06. The Balaban J connectivity index is 1.99. The molecular weight excluding hydrogens is 354 g/mol. The van der Waals surface area contributed by atoms with Gasteiger partial charge in [-0.1, -0.05) is 12.1 Å². The second-order valence-electron chi connectivity index (χ2n) is 7.42. The minimum absolute atomic E-state index is 0.0101. The van der Waals surface area contributed by atoms with Gasteiger partial charge in [-0.2, -0.15) is 0 Å². The van der Waals surface area contributed by atoms with E-state index in [9.17, 15) is 4.79 Å². The van der Waals surface area contributed by atoms with E-state index in [0.717, 1.165) is 22.2 Å². The van der Waals surface area contributed by atoms with Gasteiger partial charge in [-0.15, -0.1) is 0 Å². The normalized spacial score (nSPS) is 21.9. The van der Waals surface area contributed by atoms with Crippen molar-refractivity contribution in [1.29, 1.82) is 0 Å². The third kappa shape index (κ3) is 3.57. The molecule has 0 unspecified atom stereocenters. The molecule has 0 N–H and O–H groups in total. The van der Waals surface area contributed by atoms with Crippen LogP contribution in [0.5, 0.6) is 0 Å². The molecule has 0 spiro atoms. The van der Waals surface area contributed by atoms with Crippen molar-refractivity contribution in [1.82, 2.24) is 4.90 Å². The van der Waals surface area contributed by atoms with Crippen LogP contribution >= 0.6 is 11.8 Å². The Hall–Kier alpha value is -2.01. The molecule has 0 aliphatic carbocycles. The van der Waals surface area contributed by atoms with Gasteiger partial charge in [0, 0.05) is 30.9 Å². The van der Waals surface area contributed by atoms with Gasteiger partial charge < -0.3 is 4.90 Å². The molecule has 3 rings (SSSR count). The number of benzene rings is 1. The minimum atomic E-state index is 0.0101. The molecule has 5 heteroatoms. The molecular formula is C22H29N3OS. The maximum absolute atomic E-state index is 12.7. The summed E-state index contributed by atoms with van der Waals surface area (Å²) < 4.78 is 0. The first-order valence-corrected chi connectivity index (χ1v) is 10.5. The van der Waals surface area contributed by atoms with Gasteiger partial charge in [-0.3, -0.25) is 14.7 Å². The number of rotatable bonds is 4. The molecule has 1 aromatic carbocycles. The fourth-order valence-electron chi connectivity index (χ4n) is 3.96. The number of aliphatic imine (C=N–C) groups is 1. The lowest BCUT2D eigenvalue weighted by Gasteiger charge is -2.42. The van der Waals surface area contributed by atoms with Crippen molar-refractivity contribution >= 4 is 40.2 Å². The molecule has 1 amide bonds. The molecule has 2 aliphatic rings. The number of carbonyl (C=O) groups excluding carboxylic acids is 1. The SMILES string of the molecule is CCN=C1S/C(=C/c2ccc3c(c2)C(C)=CC(C)(C)N3CC)C(=O)N1CC. The van der Waals surface area contributed by atoms with Gasteiger partial charge in [-0.25, -0.2) is 0 Å². The van der Waals surface area contributed by atoms with Gasteiger partial charge in [-0.05, 0) is 82.6 Å². The molecule has 0 aromatic heterocycles. The van der Waals surface area contributed by atoms with Crippen LogP contribution in [-0.4, -0.2) is 41.1 Å². The number of hydrogen-bond acceptors (Lipinski definition) is 4. The Morgan fingerprint density at radius 2 is 1.93 bits per heavy atom. The molecule has 27 heavy (non-hydrogen) atoms. The number of nitrogens with zero attached hydrogens (tertiary/aromatic N) is 3. The minimum Gasteiger partial charge on any atom is -0.363 e. The van der Waals surface area contributed by atoms with E-state index in [1.54, 1.807) is 4.90 Å². The van der Waals surface area contributed by atoms with Crippen molar-refractivity contribution in [3.63, 3.8) is 0 Å². The molecule has 144 valence electrons. The number of amidine groups is 1. The van der Waals surface area contributed by atoms with Gasteiger partial charge in [0.1, 0.15) is 0 Å². The average molecular weight is 384 g/mol. The lowest BCUT2D eigenvalue weighted by molar-refractivity contribution is -0.122. The van der Waals surface area contributed by atoms with E-state index in [1.807, 2.05) is 19.9 Å². The lowest BCUT2D eigenvalue weighted by Crippen LogP contribution is -2.44.